The molecule has 0 N–H and O–H groups in total. The summed E-state index contributed by atoms with van der Waals surface area (Å²) in [5, 5.41) is 0. The van der Waals surface area contributed by atoms with Crippen molar-refractivity contribution in [2.24, 2.45) is 0 Å². The van der Waals surface area contributed by atoms with Gasteiger partial charge >= 0.3 is 0 Å². The van der Waals surface area contributed by atoms with Crippen LogP contribution in [-0.2, 0) is 10.8 Å². The molecule has 0 saturated heterocycles. The second-order valence-electron chi connectivity index (χ2n) is 12.3. The van der Waals surface area contributed by atoms with Crippen molar-refractivity contribution < 1.29 is 0 Å². The minimum atomic E-state index is -0.108. The largest absolute Gasteiger partial charge is 0.136 e. The minimum Gasteiger partial charge on any atom is -0.136 e. The highest BCUT2D eigenvalue weighted by Gasteiger charge is 2.52. The molecule has 4 aromatic rings. The van der Waals surface area contributed by atoms with Crippen LogP contribution in [0.2, 0.25) is 0 Å². The fourth-order valence-corrected chi connectivity index (χ4v) is 11.5. The minimum absolute atomic E-state index is 0.108. The molecule has 2 aromatic carbocycles. The molecule has 0 saturated carbocycles. The molecule has 0 spiro atoms. The van der Waals surface area contributed by atoms with Gasteiger partial charge in [0, 0.05) is 63.7 Å². The number of rotatable bonds is 2. The Morgan fingerprint density at radius 1 is 0.524 bits per heavy atom. The molecule has 0 unspecified atom stereocenters. The second-order valence-corrected chi connectivity index (χ2v) is 16.1. The van der Waals surface area contributed by atoms with Gasteiger partial charge in [0.1, 0.15) is 0 Å². The maximum Gasteiger partial charge on any atom is 0.0543 e. The molecule has 4 aliphatic carbocycles. The molecular formula is C36H24S6. The van der Waals surface area contributed by atoms with E-state index in [0.717, 1.165) is 52.9 Å². The Labute approximate surface area is 275 Å². The summed E-state index contributed by atoms with van der Waals surface area (Å²) >= 11 is 27.2. The lowest BCUT2D eigenvalue weighted by Crippen LogP contribution is -2.16. The lowest BCUT2D eigenvalue weighted by Gasteiger charge is -2.23. The maximum atomic E-state index is 5.86. The molecule has 6 heteroatoms. The van der Waals surface area contributed by atoms with E-state index in [-0.39, 0.29) is 10.8 Å². The zero-order valence-electron chi connectivity index (χ0n) is 23.4. The van der Waals surface area contributed by atoms with E-state index < -0.39 is 0 Å². The summed E-state index contributed by atoms with van der Waals surface area (Å²) in [5.41, 5.74) is 11.8. The average Bonchev–Trinajstić information content (AvgIpc) is 3.76. The van der Waals surface area contributed by atoms with Crippen LogP contribution in [-0.4, -0.2) is 19.5 Å². The summed E-state index contributed by atoms with van der Waals surface area (Å²) in [6, 6.07) is 21.2. The van der Waals surface area contributed by atoms with Crippen molar-refractivity contribution in [1.82, 2.24) is 0 Å². The fraction of sp³-hybridized carbons (Fsp3) is 0.167. The molecule has 4 aliphatic rings. The van der Waals surface area contributed by atoms with Crippen LogP contribution in [0.1, 0.15) is 80.6 Å². The normalized spacial score (nSPS) is 18.9. The van der Waals surface area contributed by atoms with Crippen LogP contribution in [0.25, 0.3) is 23.3 Å². The van der Waals surface area contributed by atoms with Gasteiger partial charge in [-0.05, 0) is 46.6 Å². The molecule has 42 heavy (non-hydrogen) atoms. The van der Waals surface area contributed by atoms with E-state index in [1.807, 2.05) is 46.9 Å². The van der Waals surface area contributed by atoms with Gasteiger partial charge in [-0.2, -0.15) is 0 Å². The molecular weight excluding hydrogens is 625 g/mol. The highest BCUT2D eigenvalue weighted by atomic mass is 32.1. The SMILES string of the molecule is CC1(C)C2=C(c3sc(C=C4C(=S)c5ccccc5C4=S)cc31)C(C)(C)c1cc(C=C3C(=S)c4ccccc4C3=S)sc12. The van der Waals surface area contributed by atoms with Crippen molar-refractivity contribution in [3.63, 3.8) is 0 Å². The van der Waals surface area contributed by atoms with E-state index in [0.29, 0.717) is 0 Å². The molecule has 2 aromatic heterocycles. The molecule has 0 bridgehead atoms. The molecule has 0 nitrogen and oxygen atoms in total. The zero-order valence-corrected chi connectivity index (χ0v) is 28.3. The number of thiocarbonyl (C=S) groups is 4. The topological polar surface area (TPSA) is 0 Å². The lowest BCUT2D eigenvalue weighted by molar-refractivity contribution is 0.702. The monoisotopic (exact) mass is 648 g/mol. The first-order valence-corrected chi connectivity index (χ1v) is 17.1. The van der Waals surface area contributed by atoms with Gasteiger partial charge < -0.3 is 0 Å². The van der Waals surface area contributed by atoms with Gasteiger partial charge in [-0.3, -0.25) is 0 Å². The van der Waals surface area contributed by atoms with E-state index in [1.54, 1.807) is 0 Å². The molecule has 0 aliphatic heterocycles. The van der Waals surface area contributed by atoms with Crippen LogP contribution in [0.5, 0.6) is 0 Å². The van der Waals surface area contributed by atoms with Gasteiger partial charge in [-0.25, -0.2) is 0 Å². The third-order valence-corrected chi connectivity index (χ3v) is 13.1. The quantitative estimate of drug-likeness (QED) is 0.157. The highest BCUT2D eigenvalue weighted by Crippen LogP contribution is 2.65. The lowest BCUT2D eigenvalue weighted by atomic mass is 9.80. The summed E-state index contributed by atoms with van der Waals surface area (Å²) in [7, 11) is 0. The summed E-state index contributed by atoms with van der Waals surface area (Å²) in [5.74, 6) is 0. The number of fused-ring (bicyclic) bond motifs is 6. The molecule has 0 fully saturated rings. The standard InChI is InChI=1S/C36H24S6/c1-35(2)25-15-17(13-23-29(37)19-9-5-6-10-20(19)30(23)38)41-33(25)28-27(35)34-26(36(28,3)4)16-18(42-34)14-24-31(39)21-11-7-8-12-22(21)32(24)40/h5-16H,1-4H3. The predicted molar refractivity (Wildman–Crippen MR) is 197 cm³/mol. The van der Waals surface area contributed by atoms with Crippen molar-refractivity contribution >= 4 is 114 Å². The second kappa shape index (κ2) is 8.98. The molecule has 204 valence electrons. The third-order valence-electron chi connectivity index (χ3n) is 9.19. The Morgan fingerprint density at radius 2 is 0.833 bits per heavy atom. The van der Waals surface area contributed by atoms with Crippen LogP contribution in [0.15, 0.2) is 71.8 Å². The predicted octanol–water partition coefficient (Wildman–Crippen LogP) is 10.4. The first kappa shape index (κ1) is 27.0. The van der Waals surface area contributed by atoms with Crippen molar-refractivity contribution in [3.8, 4) is 0 Å². The number of benzene rings is 2. The smallest absolute Gasteiger partial charge is 0.0543 e. The van der Waals surface area contributed by atoms with E-state index in [9.17, 15) is 0 Å². The van der Waals surface area contributed by atoms with Crippen molar-refractivity contribution in [2.75, 3.05) is 0 Å². The summed E-state index contributed by atoms with van der Waals surface area (Å²) < 4.78 is 0. The Morgan fingerprint density at radius 3 is 1.14 bits per heavy atom. The Balaban J connectivity index is 1.20. The van der Waals surface area contributed by atoms with E-state index >= 15 is 0 Å². The van der Waals surface area contributed by atoms with Crippen LogP contribution >= 0.6 is 71.5 Å². The van der Waals surface area contributed by atoms with Crippen LogP contribution in [0.3, 0.4) is 0 Å². The van der Waals surface area contributed by atoms with Crippen molar-refractivity contribution in [1.29, 1.82) is 0 Å². The van der Waals surface area contributed by atoms with E-state index in [2.05, 4.69) is 76.2 Å². The number of allylic oxidation sites excluding steroid dienone is 4. The fourth-order valence-electron chi connectivity index (χ4n) is 7.04. The molecule has 0 radical (unpaired) electrons. The first-order valence-electron chi connectivity index (χ1n) is 13.8. The van der Waals surface area contributed by atoms with Crippen LogP contribution in [0.4, 0.5) is 0 Å². The molecule has 0 atom stereocenters. The number of hydrogen-bond donors (Lipinski definition) is 0. The van der Waals surface area contributed by atoms with Crippen LogP contribution < -0.4 is 0 Å². The Hall–Kier alpha value is -2.58. The number of hydrogen-bond acceptors (Lipinski definition) is 6. The number of thiophene rings is 2. The Bertz CT molecular complexity index is 1870. The average molecular weight is 649 g/mol. The summed E-state index contributed by atoms with van der Waals surface area (Å²) in [6.45, 7) is 9.50. The first-order chi connectivity index (χ1) is 20.0. The van der Waals surface area contributed by atoms with Crippen molar-refractivity contribution in [3.05, 3.63) is 125 Å². The van der Waals surface area contributed by atoms with Gasteiger partial charge in [-0.1, -0.05) is 125 Å². The van der Waals surface area contributed by atoms with Gasteiger partial charge in [-0.15, -0.1) is 22.7 Å². The summed E-state index contributed by atoms with van der Waals surface area (Å²) in [4.78, 5) is 8.66. The third kappa shape index (κ3) is 3.48. The van der Waals surface area contributed by atoms with Crippen molar-refractivity contribution in [2.45, 2.75) is 38.5 Å². The van der Waals surface area contributed by atoms with Gasteiger partial charge in [0.2, 0.25) is 0 Å². The molecule has 8 rings (SSSR count). The highest BCUT2D eigenvalue weighted by molar-refractivity contribution is 7.84. The summed E-state index contributed by atoms with van der Waals surface area (Å²) in [6.07, 6.45) is 4.44. The Kier molecular flexibility index (Phi) is 5.77. The van der Waals surface area contributed by atoms with E-state index in [1.165, 1.54) is 41.8 Å². The molecule has 0 amide bonds. The van der Waals surface area contributed by atoms with Gasteiger partial charge in [0.25, 0.3) is 0 Å². The maximum absolute atomic E-state index is 5.86. The molecule has 2 heterocycles. The van der Waals surface area contributed by atoms with E-state index in [4.69, 9.17) is 48.9 Å². The van der Waals surface area contributed by atoms with Crippen LogP contribution in [0, 0.1) is 0 Å². The zero-order chi connectivity index (χ0) is 29.3. The van der Waals surface area contributed by atoms with Gasteiger partial charge in [0.05, 0.1) is 19.5 Å². The van der Waals surface area contributed by atoms with Gasteiger partial charge in [0.15, 0.2) is 0 Å².